The molecule has 1 aliphatic rings. The van der Waals surface area contributed by atoms with Gasteiger partial charge < -0.3 is 15.4 Å². The summed E-state index contributed by atoms with van der Waals surface area (Å²) >= 11 is 1.29. The predicted octanol–water partition coefficient (Wildman–Crippen LogP) is 3.38. The minimum atomic E-state index is -0.434. The van der Waals surface area contributed by atoms with Crippen molar-refractivity contribution >= 4 is 23.5 Å². The second-order valence-corrected chi connectivity index (χ2v) is 7.41. The maximum atomic E-state index is 13.0. The minimum Gasteiger partial charge on any atom is -0.508 e. The molecule has 28 heavy (non-hydrogen) atoms. The van der Waals surface area contributed by atoms with E-state index >= 15 is 0 Å². The van der Waals surface area contributed by atoms with E-state index in [1.54, 1.807) is 24.3 Å². The highest BCUT2D eigenvalue weighted by Gasteiger charge is 2.30. The van der Waals surface area contributed by atoms with E-state index in [2.05, 4.69) is 15.3 Å². The molecule has 2 heterocycles. The Morgan fingerprint density at radius 2 is 1.82 bits per heavy atom. The Kier molecular flexibility index (Phi) is 4.87. The Labute approximate surface area is 163 Å². The molecule has 1 unspecified atom stereocenters. The summed E-state index contributed by atoms with van der Waals surface area (Å²) < 4.78 is 13.0. The number of hydrogen-bond acceptors (Lipinski definition) is 5. The molecule has 0 bridgehead atoms. The summed E-state index contributed by atoms with van der Waals surface area (Å²) in [5.41, 5.74) is 1.73. The van der Waals surface area contributed by atoms with Gasteiger partial charge in [-0.05, 0) is 35.4 Å². The molecule has 0 spiro atoms. The third kappa shape index (κ3) is 3.77. The highest BCUT2D eigenvalue weighted by atomic mass is 32.2. The largest absolute Gasteiger partial charge is 0.508 e. The fourth-order valence-electron chi connectivity index (χ4n) is 3.14. The van der Waals surface area contributed by atoms with Crippen LogP contribution in [-0.2, 0) is 10.5 Å². The number of phenols is 1. The first-order valence-electron chi connectivity index (χ1n) is 8.60. The number of thioether (sulfide) groups is 1. The average Bonchev–Trinajstić information content (AvgIpc) is 2.67. The number of rotatable bonds is 4. The second-order valence-electron chi connectivity index (χ2n) is 6.44. The summed E-state index contributed by atoms with van der Waals surface area (Å²) in [5.74, 6) is -0.104. The van der Waals surface area contributed by atoms with Gasteiger partial charge >= 0.3 is 0 Å². The van der Waals surface area contributed by atoms with Gasteiger partial charge in [-0.25, -0.2) is 9.37 Å². The number of aromatic nitrogens is 2. The molecule has 6 nitrogen and oxygen atoms in total. The maximum absolute atomic E-state index is 13.0. The van der Waals surface area contributed by atoms with Gasteiger partial charge in [-0.1, -0.05) is 36.0 Å². The number of phenolic OH excluding ortho intramolecular Hbond substituents is 1. The lowest BCUT2D eigenvalue weighted by atomic mass is 9.87. The smallest absolute Gasteiger partial charge is 0.257 e. The summed E-state index contributed by atoms with van der Waals surface area (Å²) in [6.07, 6.45) is 0.130. The van der Waals surface area contributed by atoms with Crippen molar-refractivity contribution in [1.82, 2.24) is 9.97 Å². The van der Waals surface area contributed by atoms with Crippen molar-refractivity contribution in [3.63, 3.8) is 0 Å². The number of halogens is 1. The lowest BCUT2D eigenvalue weighted by Crippen LogP contribution is -2.31. The Balaban J connectivity index is 1.63. The van der Waals surface area contributed by atoms with Gasteiger partial charge in [0.1, 0.15) is 17.4 Å². The Bertz CT molecular complexity index is 1080. The van der Waals surface area contributed by atoms with Crippen molar-refractivity contribution in [2.75, 3.05) is 5.32 Å². The van der Waals surface area contributed by atoms with Gasteiger partial charge in [0.15, 0.2) is 5.16 Å². The third-order valence-corrected chi connectivity index (χ3v) is 5.46. The zero-order valence-electron chi connectivity index (χ0n) is 14.6. The Hall–Kier alpha value is -3.13. The van der Waals surface area contributed by atoms with Crippen molar-refractivity contribution in [1.29, 1.82) is 0 Å². The molecule has 1 amide bonds. The van der Waals surface area contributed by atoms with Gasteiger partial charge in [0.2, 0.25) is 5.91 Å². The number of fused-ring (bicyclic) bond motifs is 1. The van der Waals surface area contributed by atoms with Gasteiger partial charge in [-0.2, -0.15) is 0 Å². The van der Waals surface area contributed by atoms with Crippen molar-refractivity contribution < 1.29 is 14.3 Å². The van der Waals surface area contributed by atoms with Crippen molar-refractivity contribution in [3.8, 4) is 5.75 Å². The number of carbonyl (C=O) groups is 1. The van der Waals surface area contributed by atoms with E-state index in [0.29, 0.717) is 16.5 Å². The zero-order valence-corrected chi connectivity index (χ0v) is 15.4. The molecule has 142 valence electrons. The first-order valence-corrected chi connectivity index (χ1v) is 9.58. The van der Waals surface area contributed by atoms with Crippen LogP contribution in [0.1, 0.15) is 29.0 Å². The van der Waals surface area contributed by atoms with E-state index in [0.717, 1.165) is 11.1 Å². The number of aromatic amines is 1. The number of hydrogen-bond donors (Lipinski definition) is 3. The van der Waals surface area contributed by atoms with Crippen LogP contribution >= 0.6 is 11.8 Å². The third-order valence-electron chi connectivity index (χ3n) is 4.51. The maximum Gasteiger partial charge on any atom is 0.257 e. The number of nitrogens with one attached hydrogen (secondary N) is 2. The van der Waals surface area contributed by atoms with Crippen LogP contribution in [0.3, 0.4) is 0 Å². The van der Waals surface area contributed by atoms with E-state index in [1.165, 1.54) is 36.0 Å². The van der Waals surface area contributed by atoms with E-state index in [-0.39, 0.29) is 35.3 Å². The monoisotopic (exact) mass is 397 g/mol. The van der Waals surface area contributed by atoms with Crippen LogP contribution in [0.15, 0.2) is 58.5 Å². The SMILES string of the molecule is O=C1CC(c2ccc(O)cc2)c2c(nc(SCc3ccc(F)cc3)[nH]c2=O)N1. The Morgan fingerprint density at radius 1 is 1.11 bits per heavy atom. The quantitative estimate of drug-likeness (QED) is 0.463. The van der Waals surface area contributed by atoms with Crippen LogP contribution < -0.4 is 10.9 Å². The van der Waals surface area contributed by atoms with Crippen LogP contribution in [0.4, 0.5) is 10.2 Å². The fraction of sp³-hybridized carbons (Fsp3) is 0.150. The predicted molar refractivity (Wildman–Crippen MR) is 104 cm³/mol. The summed E-state index contributed by atoms with van der Waals surface area (Å²) in [6.45, 7) is 0. The second kappa shape index (κ2) is 7.47. The number of aromatic hydroxyl groups is 1. The molecule has 8 heteroatoms. The van der Waals surface area contributed by atoms with Gasteiger partial charge in [0, 0.05) is 18.1 Å². The molecule has 2 aromatic carbocycles. The number of nitrogens with zero attached hydrogens (tertiary/aromatic N) is 1. The first kappa shape index (κ1) is 18.2. The number of carbonyl (C=O) groups excluding carboxylic acids is 1. The average molecular weight is 397 g/mol. The lowest BCUT2D eigenvalue weighted by Gasteiger charge is -2.24. The van der Waals surface area contributed by atoms with Gasteiger partial charge in [0.05, 0.1) is 5.56 Å². The van der Waals surface area contributed by atoms with Crippen LogP contribution in [0, 0.1) is 5.82 Å². The van der Waals surface area contributed by atoms with Gasteiger partial charge in [-0.3, -0.25) is 9.59 Å². The molecule has 3 N–H and O–H groups in total. The standard InChI is InChI=1S/C20H16FN3O3S/c21-13-5-1-11(2-6-13)10-28-20-23-18-17(19(27)24-20)15(9-16(26)22-18)12-3-7-14(25)8-4-12/h1-8,15,25H,9-10H2,(H2,22,23,24,26,27). The number of amides is 1. The summed E-state index contributed by atoms with van der Waals surface area (Å²) in [6, 6.07) is 12.5. The van der Waals surface area contributed by atoms with Crippen LogP contribution in [-0.4, -0.2) is 21.0 Å². The van der Waals surface area contributed by atoms with Crippen molar-refractivity contribution in [2.24, 2.45) is 0 Å². The molecule has 1 aliphatic heterocycles. The van der Waals surface area contributed by atoms with Crippen molar-refractivity contribution in [2.45, 2.75) is 23.2 Å². The molecule has 0 aliphatic carbocycles. The number of benzene rings is 2. The molecule has 0 radical (unpaired) electrons. The topological polar surface area (TPSA) is 95.1 Å². The molecule has 1 aromatic heterocycles. The molecule has 0 saturated heterocycles. The normalized spacial score (nSPS) is 15.8. The Morgan fingerprint density at radius 3 is 2.54 bits per heavy atom. The van der Waals surface area contributed by atoms with Crippen LogP contribution in [0.2, 0.25) is 0 Å². The summed E-state index contributed by atoms with van der Waals surface area (Å²) in [7, 11) is 0. The van der Waals surface area contributed by atoms with E-state index in [1.807, 2.05) is 0 Å². The van der Waals surface area contributed by atoms with Gasteiger partial charge in [-0.15, -0.1) is 0 Å². The van der Waals surface area contributed by atoms with Crippen LogP contribution in [0.5, 0.6) is 5.75 Å². The highest BCUT2D eigenvalue weighted by molar-refractivity contribution is 7.98. The number of H-pyrrole nitrogens is 1. The molecule has 3 aromatic rings. The lowest BCUT2D eigenvalue weighted by molar-refractivity contribution is -0.116. The van der Waals surface area contributed by atoms with E-state index < -0.39 is 5.92 Å². The van der Waals surface area contributed by atoms with E-state index in [4.69, 9.17) is 0 Å². The molecule has 0 fully saturated rings. The zero-order chi connectivity index (χ0) is 19.7. The van der Waals surface area contributed by atoms with E-state index in [9.17, 15) is 19.1 Å². The molecule has 0 saturated carbocycles. The van der Waals surface area contributed by atoms with Crippen LogP contribution in [0.25, 0.3) is 0 Å². The highest BCUT2D eigenvalue weighted by Crippen LogP contribution is 2.35. The molecular weight excluding hydrogens is 381 g/mol. The fourth-order valence-corrected chi connectivity index (χ4v) is 3.96. The summed E-state index contributed by atoms with van der Waals surface area (Å²) in [5, 5.41) is 12.5. The number of anilines is 1. The van der Waals surface area contributed by atoms with Crippen molar-refractivity contribution in [3.05, 3.63) is 81.4 Å². The first-order chi connectivity index (χ1) is 13.5. The summed E-state index contributed by atoms with van der Waals surface area (Å²) in [4.78, 5) is 32.1. The minimum absolute atomic E-state index is 0.115. The van der Waals surface area contributed by atoms with Gasteiger partial charge in [0.25, 0.3) is 5.56 Å². The molecular formula is C20H16FN3O3S. The molecule has 1 atom stereocenters. The molecule has 4 rings (SSSR count).